The molecule has 2 rings (SSSR count). The smallest absolute Gasteiger partial charge is 0.0101 e. The average Bonchev–Trinajstić information content (AvgIpc) is 2.46. The molecular formula is C17H21N. The summed E-state index contributed by atoms with van der Waals surface area (Å²) in [5.41, 5.74) is 2.81. The molecule has 0 atom stereocenters. The van der Waals surface area contributed by atoms with Crippen molar-refractivity contribution in [2.24, 2.45) is 0 Å². The normalized spacial score (nSPS) is 10.8. The van der Waals surface area contributed by atoms with Crippen LogP contribution in [0.3, 0.4) is 0 Å². The lowest BCUT2D eigenvalue weighted by Crippen LogP contribution is -2.17. The summed E-state index contributed by atoms with van der Waals surface area (Å²) in [5, 5.41) is 3.42. The molecule has 0 aliphatic heterocycles. The zero-order chi connectivity index (χ0) is 12.6. The minimum Gasteiger partial charge on any atom is -0.317 e. The maximum absolute atomic E-state index is 3.42. The van der Waals surface area contributed by atoms with Crippen LogP contribution in [0.1, 0.15) is 30.4 Å². The van der Waals surface area contributed by atoms with Crippen molar-refractivity contribution in [1.82, 2.24) is 5.32 Å². The molecule has 0 aliphatic rings. The second kappa shape index (κ2) is 6.97. The Kier molecular flexibility index (Phi) is 4.98. The molecule has 0 aromatic heterocycles. The number of hydrogen-bond acceptors (Lipinski definition) is 1. The molecule has 94 valence electrons. The lowest BCUT2D eigenvalue weighted by Gasteiger charge is -2.18. The number of nitrogens with one attached hydrogen (secondary N) is 1. The highest BCUT2D eigenvalue weighted by molar-refractivity contribution is 5.32. The van der Waals surface area contributed by atoms with E-state index in [0.29, 0.717) is 5.92 Å². The van der Waals surface area contributed by atoms with Gasteiger partial charge in [-0.3, -0.25) is 0 Å². The van der Waals surface area contributed by atoms with Crippen molar-refractivity contribution in [1.29, 1.82) is 0 Å². The van der Waals surface area contributed by atoms with Crippen molar-refractivity contribution in [3.05, 3.63) is 71.8 Å². The highest BCUT2D eigenvalue weighted by Crippen LogP contribution is 2.27. The molecule has 0 fully saturated rings. The average molecular weight is 239 g/mol. The van der Waals surface area contributed by atoms with Gasteiger partial charge in [-0.1, -0.05) is 67.6 Å². The van der Waals surface area contributed by atoms with Gasteiger partial charge in [0.15, 0.2) is 0 Å². The topological polar surface area (TPSA) is 12.0 Å². The molecule has 2 aromatic rings. The molecular weight excluding hydrogens is 218 g/mol. The van der Waals surface area contributed by atoms with Crippen LogP contribution in [0.4, 0.5) is 0 Å². The largest absolute Gasteiger partial charge is 0.317 e. The summed E-state index contributed by atoms with van der Waals surface area (Å²) >= 11 is 0. The minimum absolute atomic E-state index is 0.492. The summed E-state index contributed by atoms with van der Waals surface area (Å²) in [4.78, 5) is 0. The molecule has 1 heteroatoms. The van der Waals surface area contributed by atoms with Crippen molar-refractivity contribution in [3.63, 3.8) is 0 Å². The molecule has 0 radical (unpaired) electrons. The Morgan fingerprint density at radius 2 is 1.33 bits per heavy atom. The predicted molar refractivity (Wildman–Crippen MR) is 77.9 cm³/mol. The molecule has 0 heterocycles. The summed E-state index contributed by atoms with van der Waals surface area (Å²) in [6.45, 7) is 4.25. The fourth-order valence-corrected chi connectivity index (χ4v) is 2.32. The Balaban J connectivity index is 2.18. The van der Waals surface area contributed by atoms with Crippen molar-refractivity contribution in [2.75, 3.05) is 13.1 Å². The summed E-state index contributed by atoms with van der Waals surface area (Å²) < 4.78 is 0. The third-order valence-electron chi connectivity index (χ3n) is 3.26. The molecule has 0 aliphatic carbocycles. The second-order valence-electron chi connectivity index (χ2n) is 4.52. The first-order chi connectivity index (χ1) is 8.92. The van der Waals surface area contributed by atoms with E-state index in [-0.39, 0.29) is 0 Å². The highest BCUT2D eigenvalue weighted by atomic mass is 14.8. The van der Waals surface area contributed by atoms with Crippen LogP contribution in [0.2, 0.25) is 0 Å². The maximum atomic E-state index is 3.42. The number of hydrogen-bond donors (Lipinski definition) is 1. The van der Waals surface area contributed by atoms with E-state index in [1.807, 2.05) is 0 Å². The molecule has 1 nitrogen and oxygen atoms in total. The van der Waals surface area contributed by atoms with Crippen LogP contribution in [0.15, 0.2) is 60.7 Å². The standard InChI is InChI=1S/C17H21N/c1-2-18-14-13-17(15-9-5-3-6-10-15)16-11-7-4-8-12-16/h3-12,17-18H,2,13-14H2,1H3. The predicted octanol–water partition coefficient (Wildman–Crippen LogP) is 3.82. The third kappa shape index (κ3) is 3.44. The molecule has 18 heavy (non-hydrogen) atoms. The zero-order valence-corrected chi connectivity index (χ0v) is 11.0. The molecule has 0 saturated heterocycles. The summed E-state index contributed by atoms with van der Waals surface area (Å²) in [6.07, 6.45) is 1.14. The molecule has 0 saturated carbocycles. The molecule has 2 aromatic carbocycles. The van der Waals surface area contributed by atoms with Crippen molar-refractivity contribution in [3.8, 4) is 0 Å². The van der Waals surface area contributed by atoms with E-state index < -0.39 is 0 Å². The van der Waals surface area contributed by atoms with Crippen LogP contribution in [-0.2, 0) is 0 Å². The summed E-state index contributed by atoms with van der Waals surface area (Å²) in [6, 6.07) is 21.6. The Bertz CT molecular complexity index is 396. The first kappa shape index (κ1) is 12.8. The lowest BCUT2D eigenvalue weighted by atomic mass is 9.88. The van der Waals surface area contributed by atoms with Gasteiger partial charge >= 0.3 is 0 Å². The van der Waals surface area contributed by atoms with Crippen molar-refractivity contribution in [2.45, 2.75) is 19.3 Å². The van der Waals surface area contributed by atoms with Gasteiger partial charge in [-0.15, -0.1) is 0 Å². The molecule has 0 unspecified atom stereocenters. The van der Waals surface area contributed by atoms with Gasteiger partial charge in [0.05, 0.1) is 0 Å². The van der Waals surface area contributed by atoms with Crippen LogP contribution in [0.5, 0.6) is 0 Å². The van der Waals surface area contributed by atoms with E-state index in [1.165, 1.54) is 11.1 Å². The van der Waals surface area contributed by atoms with Gasteiger partial charge in [0, 0.05) is 5.92 Å². The zero-order valence-electron chi connectivity index (χ0n) is 11.0. The quantitative estimate of drug-likeness (QED) is 0.756. The monoisotopic (exact) mass is 239 g/mol. The molecule has 1 N–H and O–H groups in total. The van der Waals surface area contributed by atoms with Crippen molar-refractivity contribution >= 4 is 0 Å². The van der Waals surface area contributed by atoms with Gasteiger partial charge in [-0.2, -0.15) is 0 Å². The molecule has 0 spiro atoms. The van der Waals surface area contributed by atoms with E-state index in [4.69, 9.17) is 0 Å². The van der Waals surface area contributed by atoms with Gasteiger partial charge < -0.3 is 5.32 Å². The summed E-state index contributed by atoms with van der Waals surface area (Å²) in [5.74, 6) is 0.492. The van der Waals surface area contributed by atoms with Gasteiger partial charge in [-0.25, -0.2) is 0 Å². The number of rotatable bonds is 6. The van der Waals surface area contributed by atoms with E-state index in [0.717, 1.165) is 19.5 Å². The van der Waals surface area contributed by atoms with Gasteiger partial charge in [0.2, 0.25) is 0 Å². The molecule has 0 amide bonds. The minimum atomic E-state index is 0.492. The van der Waals surface area contributed by atoms with Crippen LogP contribution in [-0.4, -0.2) is 13.1 Å². The van der Waals surface area contributed by atoms with Crippen LogP contribution in [0.25, 0.3) is 0 Å². The first-order valence-corrected chi connectivity index (χ1v) is 6.72. The second-order valence-corrected chi connectivity index (χ2v) is 4.52. The van der Waals surface area contributed by atoms with Gasteiger partial charge in [-0.05, 0) is 30.6 Å². The number of benzene rings is 2. The highest BCUT2D eigenvalue weighted by Gasteiger charge is 2.12. The van der Waals surface area contributed by atoms with E-state index >= 15 is 0 Å². The third-order valence-corrected chi connectivity index (χ3v) is 3.26. The van der Waals surface area contributed by atoms with Crippen LogP contribution in [0, 0.1) is 0 Å². The lowest BCUT2D eigenvalue weighted by molar-refractivity contribution is 0.628. The maximum Gasteiger partial charge on any atom is 0.0101 e. The van der Waals surface area contributed by atoms with Gasteiger partial charge in [0.25, 0.3) is 0 Å². The van der Waals surface area contributed by atoms with Gasteiger partial charge in [0.1, 0.15) is 0 Å². The Hall–Kier alpha value is -1.60. The van der Waals surface area contributed by atoms with E-state index in [2.05, 4.69) is 72.9 Å². The molecule has 0 bridgehead atoms. The Labute approximate surface area is 110 Å². The first-order valence-electron chi connectivity index (χ1n) is 6.72. The van der Waals surface area contributed by atoms with Crippen molar-refractivity contribution < 1.29 is 0 Å². The Morgan fingerprint density at radius 1 is 0.833 bits per heavy atom. The summed E-state index contributed by atoms with van der Waals surface area (Å²) in [7, 11) is 0. The van der Waals surface area contributed by atoms with Crippen LogP contribution >= 0.6 is 0 Å². The fraction of sp³-hybridized carbons (Fsp3) is 0.294. The van der Waals surface area contributed by atoms with E-state index in [1.54, 1.807) is 0 Å². The van der Waals surface area contributed by atoms with E-state index in [9.17, 15) is 0 Å². The Morgan fingerprint density at radius 3 is 1.78 bits per heavy atom. The van der Waals surface area contributed by atoms with Crippen LogP contribution < -0.4 is 5.32 Å². The SMILES string of the molecule is CCNCCC(c1ccccc1)c1ccccc1. The fourth-order valence-electron chi connectivity index (χ4n) is 2.32.